The number of nitrogens with two attached hydrogens (primary N) is 2. The first-order valence-corrected chi connectivity index (χ1v) is 7.08. The molecule has 8 heteroatoms. The second kappa shape index (κ2) is 5.75. The molecule has 0 amide bonds. The van der Waals surface area contributed by atoms with Crippen LogP contribution < -0.4 is 16.8 Å². The first-order chi connectivity index (χ1) is 10.5. The molecule has 0 atom stereocenters. The summed E-state index contributed by atoms with van der Waals surface area (Å²) in [5, 5.41) is 10.4. The highest BCUT2D eigenvalue weighted by Crippen LogP contribution is 2.38. The van der Waals surface area contributed by atoms with Crippen LogP contribution in [0.5, 0.6) is 0 Å². The van der Waals surface area contributed by atoms with E-state index in [-0.39, 0.29) is 5.95 Å². The number of hydrogen-bond acceptors (Lipinski definition) is 5. The molecule has 112 valence electrons. The van der Waals surface area contributed by atoms with Crippen LogP contribution >= 0.6 is 23.2 Å². The average Bonchev–Trinajstić information content (AvgIpc) is 2.83. The number of nitrogens with zero attached hydrogens (tertiary/aromatic N) is 2. The predicted octanol–water partition coefficient (Wildman–Crippen LogP) is 3.69. The van der Waals surface area contributed by atoms with Crippen LogP contribution in [0.15, 0.2) is 36.4 Å². The van der Waals surface area contributed by atoms with Gasteiger partial charge in [0.05, 0.1) is 10.0 Å². The zero-order chi connectivity index (χ0) is 15.7. The van der Waals surface area contributed by atoms with E-state index in [2.05, 4.69) is 20.5 Å². The summed E-state index contributed by atoms with van der Waals surface area (Å²) in [6.07, 6.45) is 0. The monoisotopic (exact) mass is 334 g/mol. The first kappa shape index (κ1) is 14.5. The Morgan fingerprint density at radius 1 is 1.05 bits per heavy atom. The number of nitrogen functional groups attached to an aromatic ring is 2. The lowest BCUT2D eigenvalue weighted by atomic mass is 10.0. The quantitative estimate of drug-likeness (QED) is 0.546. The van der Waals surface area contributed by atoms with Gasteiger partial charge in [-0.15, -0.1) is 5.10 Å². The maximum absolute atomic E-state index is 6.35. The highest BCUT2D eigenvalue weighted by Gasteiger charge is 2.12. The van der Waals surface area contributed by atoms with Crippen molar-refractivity contribution in [2.75, 3.05) is 16.8 Å². The lowest BCUT2D eigenvalue weighted by Gasteiger charge is -2.11. The predicted molar refractivity (Wildman–Crippen MR) is 90.4 cm³/mol. The van der Waals surface area contributed by atoms with E-state index < -0.39 is 0 Å². The Morgan fingerprint density at radius 3 is 2.36 bits per heavy atom. The van der Waals surface area contributed by atoms with E-state index in [1.54, 1.807) is 18.2 Å². The van der Waals surface area contributed by atoms with Gasteiger partial charge in [0.1, 0.15) is 0 Å². The molecule has 0 fully saturated rings. The molecule has 0 bridgehead atoms. The highest BCUT2D eigenvalue weighted by atomic mass is 35.5. The molecule has 22 heavy (non-hydrogen) atoms. The normalized spacial score (nSPS) is 10.6. The Bertz CT molecular complexity index is 807. The third kappa shape index (κ3) is 2.93. The third-order valence-electron chi connectivity index (χ3n) is 2.98. The molecule has 6 N–H and O–H groups in total. The van der Waals surface area contributed by atoms with Crippen molar-refractivity contribution in [3.63, 3.8) is 0 Å². The average molecular weight is 335 g/mol. The van der Waals surface area contributed by atoms with Gasteiger partial charge in [-0.3, -0.25) is 0 Å². The van der Waals surface area contributed by atoms with Gasteiger partial charge < -0.3 is 16.8 Å². The molecule has 3 aromatic rings. The lowest BCUT2D eigenvalue weighted by molar-refractivity contribution is 1.10. The van der Waals surface area contributed by atoms with Gasteiger partial charge in [0, 0.05) is 16.9 Å². The summed E-state index contributed by atoms with van der Waals surface area (Å²) in [5.41, 5.74) is 14.1. The minimum Gasteiger partial charge on any atom is -0.399 e. The fraction of sp³-hybridized carbons (Fsp3) is 0. The van der Waals surface area contributed by atoms with Gasteiger partial charge in [-0.25, -0.2) is 5.10 Å². The second-order valence-corrected chi connectivity index (χ2v) is 5.42. The molecule has 0 aliphatic rings. The number of aromatic nitrogens is 3. The Labute approximate surface area is 136 Å². The van der Waals surface area contributed by atoms with Crippen LogP contribution in [0.1, 0.15) is 0 Å². The number of rotatable bonds is 3. The van der Waals surface area contributed by atoms with Gasteiger partial charge in [-0.1, -0.05) is 35.3 Å². The number of benzene rings is 2. The fourth-order valence-electron chi connectivity index (χ4n) is 2.07. The number of hydrogen-bond donors (Lipinski definition) is 4. The minimum absolute atomic E-state index is 0.219. The summed E-state index contributed by atoms with van der Waals surface area (Å²) < 4.78 is 0. The summed E-state index contributed by atoms with van der Waals surface area (Å²) in [7, 11) is 0. The lowest BCUT2D eigenvalue weighted by Crippen LogP contribution is -1.94. The van der Waals surface area contributed by atoms with E-state index in [1.807, 2.05) is 18.2 Å². The van der Waals surface area contributed by atoms with Crippen LogP contribution in [0.2, 0.25) is 10.0 Å². The number of nitrogens with one attached hydrogen (secondary N) is 2. The zero-order valence-electron chi connectivity index (χ0n) is 11.3. The molecule has 0 unspecified atom stereocenters. The summed E-state index contributed by atoms with van der Waals surface area (Å²) in [6, 6.07) is 10.8. The van der Waals surface area contributed by atoms with E-state index in [0.29, 0.717) is 27.4 Å². The maximum Gasteiger partial charge on any atom is 0.248 e. The molecular formula is C14H12Cl2N6. The van der Waals surface area contributed by atoms with E-state index >= 15 is 0 Å². The van der Waals surface area contributed by atoms with E-state index in [0.717, 1.165) is 11.1 Å². The molecular weight excluding hydrogens is 323 g/mol. The topological polar surface area (TPSA) is 106 Å². The molecule has 6 nitrogen and oxygen atoms in total. The SMILES string of the molecule is Nc1cccc(-c2c(Cl)cc(Nc3n[nH]c(N)n3)cc2Cl)c1. The van der Waals surface area contributed by atoms with Crippen molar-refractivity contribution in [2.45, 2.75) is 0 Å². The molecule has 0 spiro atoms. The van der Waals surface area contributed by atoms with Crippen molar-refractivity contribution in [2.24, 2.45) is 0 Å². The summed E-state index contributed by atoms with van der Waals surface area (Å²) in [5.74, 6) is 0.553. The van der Waals surface area contributed by atoms with Crippen LogP contribution in [-0.4, -0.2) is 15.2 Å². The Balaban J connectivity index is 1.98. The number of anilines is 4. The minimum atomic E-state index is 0.219. The van der Waals surface area contributed by atoms with Crippen LogP contribution in [-0.2, 0) is 0 Å². The van der Waals surface area contributed by atoms with Gasteiger partial charge in [0.25, 0.3) is 0 Å². The van der Waals surface area contributed by atoms with Crippen molar-refractivity contribution in [3.05, 3.63) is 46.4 Å². The summed E-state index contributed by atoms with van der Waals surface area (Å²) >= 11 is 12.7. The van der Waals surface area contributed by atoms with Gasteiger partial charge in [-0.2, -0.15) is 4.98 Å². The molecule has 0 saturated heterocycles. The Hall–Kier alpha value is -2.44. The van der Waals surface area contributed by atoms with Crippen LogP contribution in [0, 0.1) is 0 Å². The smallest absolute Gasteiger partial charge is 0.248 e. The number of H-pyrrole nitrogens is 1. The molecule has 3 rings (SSSR count). The molecule has 0 radical (unpaired) electrons. The van der Waals surface area contributed by atoms with Crippen LogP contribution in [0.3, 0.4) is 0 Å². The molecule has 1 heterocycles. The van der Waals surface area contributed by atoms with Crippen molar-refractivity contribution in [3.8, 4) is 11.1 Å². The number of aromatic amines is 1. The molecule has 0 aliphatic heterocycles. The molecule has 1 aromatic heterocycles. The van der Waals surface area contributed by atoms with E-state index in [1.165, 1.54) is 0 Å². The Morgan fingerprint density at radius 2 is 1.77 bits per heavy atom. The Kier molecular flexibility index (Phi) is 3.79. The fourth-order valence-corrected chi connectivity index (χ4v) is 2.78. The standard InChI is InChI=1S/C14H12Cl2N6/c15-10-5-9(19-14-20-13(18)21-22-14)6-11(16)12(10)7-2-1-3-8(17)4-7/h1-6H,17H2,(H4,18,19,20,21,22). The van der Waals surface area contributed by atoms with Crippen molar-refractivity contribution < 1.29 is 0 Å². The molecule has 0 aliphatic carbocycles. The largest absolute Gasteiger partial charge is 0.399 e. The zero-order valence-corrected chi connectivity index (χ0v) is 12.8. The van der Waals surface area contributed by atoms with Crippen molar-refractivity contribution in [1.82, 2.24) is 15.2 Å². The van der Waals surface area contributed by atoms with Gasteiger partial charge in [0.15, 0.2) is 0 Å². The van der Waals surface area contributed by atoms with E-state index in [4.69, 9.17) is 34.7 Å². The second-order valence-electron chi connectivity index (χ2n) is 4.61. The first-order valence-electron chi connectivity index (χ1n) is 6.33. The highest BCUT2D eigenvalue weighted by molar-refractivity contribution is 6.39. The summed E-state index contributed by atoms with van der Waals surface area (Å²) in [4.78, 5) is 3.95. The van der Waals surface area contributed by atoms with Crippen molar-refractivity contribution >= 4 is 46.5 Å². The van der Waals surface area contributed by atoms with Gasteiger partial charge in [0.2, 0.25) is 11.9 Å². The number of halogens is 2. The van der Waals surface area contributed by atoms with E-state index in [9.17, 15) is 0 Å². The van der Waals surface area contributed by atoms with Gasteiger partial charge >= 0.3 is 0 Å². The third-order valence-corrected chi connectivity index (χ3v) is 3.57. The maximum atomic E-state index is 6.35. The van der Waals surface area contributed by atoms with Crippen LogP contribution in [0.4, 0.5) is 23.3 Å². The molecule has 0 saturated carbocycles. The summed E-state index contributed by atoms with van der Waals surface area (Å²) in [6.45, 7) is 0. The molecule has 2 aromatic carbocycles. The van der Waals surface area contributed by atoms with Crippen molar-refractivity contribution in [1.29, 1.82) is 0 Å². The van der Waals surface area contributed by atoms with Gasteiger partial charge in [-0.05, 0) is 29.8 Å². The van der Waals surface area contributed by atoms with Crippen LogP contribution in [0.25, 0.3) is 11.1 Å².